The van der Waals surface area contributed by atoms with Gasteiger partial charge in [-0.05, 0) is 6.92 Å². The molecule has 0 N–H and O–H groups in total. The van der Waals surface area contributed by atoms with Crippen molar-refractivity contribution in [3.05, 3.63) is 0 Å². The highest BCUT2D eigenvalue weighted by molar-refractivity contribution is 5.65. The van der Waals surface area contributed by atoms with Crippen molar-refractivity contribution < 1.29 is 18.7 Å². The lowest BCUT2D eigenvalue weighted by atomic mass is 10.8. The van der Waals surface area contributed by atoms with Crippen LogP contribution < -0.4 is 0 Å². The fraction of sp³-hybridized carbons (Fsp3) is 0.667. The number of esters is 1. The molecule has 0 atom stereocenters. The predicted molar refractivity (Wildman–Crippen MR) is 34.3 cm³/mol. The maximum atomic E-state index is 10.4. The first-order chi connectivity index (χ1) is 4.68. The van der Waals surface area contributed by atoms with E-state index < -0.39 is 6.67 Å². The van der Waals surface area contributed by atoms with Crippen LogP contribution in [0.1, 0.15) is 13.8 Å². The molecule has 4 heteroatoms. The van der Waals surface area contributed by atoms with Gasteiger partial charge in [0.2, 0.25) is 0 Å². The van der Waals surface area contributed by atoms with E-state index in [2.05, 4.69) is 4.74 Å². The standard InChI is InChI=1S/C4H8O2.C2H3FO/c1-3-6-4(2)5;3-1-2-4/h3H2,1-2H3;2H,1H2. The van der Waals surface area contributed by atoms with Crippen molar-refractivity contribution in [2.45, 2.75) is 13.8 Å². The first kappa shape index (κ1) is 11.8. The summed E-state index contributed by atoms with van der Waals surface area (Å²) in [7, 11) is 0. The van der Waals surface area contributed by atoms with Gasteiger partial charge in [0.25, 0.3) is 0 Å². The number of aldehydes is 1. The second-order valence-corrected chi connectivity index (χ2v) is 1.25. The SMILES string of the molecule is CCOC(C)=O.O=CCF. The van der Waals surface area contributed by atoms with Gasteiger partial charge in [-0.1, -0.05) is 0 Å². The summed E-state index contributed by atoms with van der Waals surface area (Å²) in [4.78, 5) is 18.6. The number of carbonyl (C=O) groups is 2. The Morgan fingerprint density at radius 1 is 1.70 bits per heavy atom. The normalized spacial score (nSPS) is 7.10. The molecule has 0 unspecified atom stereocenters. The van der Waals surface area contributed by atoms with Crippen molar-refractivity contribution in [2.75, 3.05) is 13.3 Å². The summed E-state index contributed by atoms with van der Waals surface area (Å²) in [5, 5.41) is 0. The van der Waals surface area contributed by atoms with Gasteiger partial charge >= 0.3 is 5.97 Å². The maximum absolute atomic E-state index is 10.4. The van der Waals surface area contributed by atoms with E-state index in [1.54, 1.807) is 6.92 Å². The monoisotopic (exact) mass is 150 g/mol. The summed E-state index contributed by atoms with van der Waals surface area (Å²) in [6, 6.07) is 0. The Morgan fingerprint density at radius 3 is 2.10 bits per heavy atom. The summed E-state index contributed by atoms with van der Waals surface area (Å²) >= 11 is 0. The summed E-state index contributed by atoms with van der Waals surface area (Å²) in [6.07, 6.45) is 0.208. The number of rotatable bonds is 2. The van der Waals surface area contributed by atoms with Crippen molar-refractivity contribution in [1.29, 1.82) is 0 Å². The Balaban J connectivity index is 0. The van der Waals surface area contributed by atoms with Crippen molar-refractivity contribution in [3.63, 3.8) is 0 Å². The van der Waals surface area contributed by atoms with Gasteiger partial charge in [0.05, 0.1) is 6.61 Å². The van der Waals surface area contributed by atoms with E-state index >= 15 is 0 Å². The molecule has 0 saturated carbocycles. The molecule has 0 spiro atoms. The average molecular weight is 150 g/mol. The second kappa shape index (κ2) is 10.9. The van der Waals surface area contributed by atoms with Crippen molar-refractivity contribution in [3.8, 4) is 0 Å². The molecule has 10 heavy (non-hydrogen) atoms. The Hall–Kier alpha value is -0.930. The number of halogens is 1. The van der Waals surface area contributed by atoms with Gasteiger partial charge in [-0.2, -0.15) is 0 Å². The molecule has 0 aliphatic rings. The van der Waals surface area contributed by atoms with Gasteiger partial charge in [-0.3, -0.25) is 4.79 Å². The first-order valence-electron chi connectivity index (χ1n) is 2.82. The third-order valence-electron chi connectivity index (χ3n) is 0.411. The Kier molecular flexibility index (Phi) is 12.9. The Morgan fingerprint density at radius 2 is 2.10 bits per heavy atom. The van der Waals surface area contributed by atoms with Crippen molar-refractivity contribution in [1.82, 2.24) is 0 Å². The highest BCUT2D eigenvalue weighted by Crippen LogP contribution is 1.69. The van der Waals surface area contributed by atoms with Crippen LogP contribution >= 0.6 is 0 Å². The van der Waals surface area contributed by atoms with Crippen molar-refractivity contribution >= 4 is 12.3 Å². The molecule has 0 aromatic rings. The zero-order valence-corrected chi connectivity index (χ0v) is 6.09. The third-order valence-corrected chi connectivity index (χ3v) is 0.411. The zero-order valence-electron chi connectivity index (χ0n) is 6.09. The Bertz CT molecular complexity index is 93.0. The van der Waals surface area contributed by atoms with Gasteiger partial charge in [0.1, 0.15) is 6.67 Å². The lowest BCUT2D eigenvalue weighted by Crippen LogP contribution is -1.95. The van der Waals surface area contributed by atoms with Crippen LogP contribution in [0.4, 0.5) is 4.39 Å². The van der Waals surface area contributed by atoms with E-state index in [1.807, 2.05) is 0 Å². The highest BCUT2D eigenvalue weighted by atomic mass is 19.1. The van der Waals surface area contributed by atoms with Crippen LogP contribution in [0.15, 0.2) is 0 Å². The number of hydrogen-bond donors (Lipinski definition) is 0. The lowest BCUT2D eigenvalue weighted by Gasteiger charge is -1.89. The molecule has 0 aliphatic heterocycles. The summed E-state index contributed by atoms with van der Waals surface area (Å²) in [5.74, 6) is -0.211. The van der Waals surface area contributed by atoms with E-state index in [-0.39, 0.29) is 12.3 Å². The van der Waals surface area contributed by atoms with Gasteiger partial charge in [-0.15, -0.1) is 0 Å². The summed E-state index contributed by atoms with van der Waals surface area (Å²) < 4.78 is 14.8. The zero-order chi connectivity index (χ0) is 8.41. The van der Waals surface area contributed by atoms with Crippen LogP contribution in [0.5, 0.6) is 0 Å². The molecule has 0 fully saturated rings. The molecular formula is C6H11FO3. The van der Waals surface area contributed by atoms with Crippen LogP contribution in [0.3, 0.4) is 0 Å². The van der Waals surface area contributed by atoms with Crippen LogP contribution in [-0.4, -0.2) is 25.5 Å². The molecule has 0 amide bonds. The average Bonchev–Trinajstić information content (AvgIpc) is 1.89. The van der Waals surface area contributed by atoms with Crippen molar-refractivity contribution in [2.24, 2.45) is 0 Å². The predicted octanol–water partition coefficient (Wildman–Crippen LogP) is 0.724. The van der Waals surface area contributed by atoms with E-state index in [0.29, 0.717) is 6.61 Å². The molecule has 0 heterocycles. The fourth-order valence-electron chi connectivity index (χ4n) is 0.203. The number of alkyl halides is 1. The largest absolute Gasteiger partial charge is 0.466 e. The van der Waals surface area contributed by atoms with Crippen LogP contribution in [0, 0.1) is 0 Å². The van der Waals surface area contributed by atoms with Crippen LogP contribution in [0.25, 0.3) is 0 Å². The van der Waals surface area contributed by atoms with E-state index in [1.165, 1.54) is 6.92 Å². The molecule has 0 aromatic heterocycles. The summed E-state index contributed by atoms with van der Waals surface area (Å²) in [5.41, 5.74) is 0. The number of carbonyl (C=O) groups excluding carboxylic acids is 2. The summed E-state index contributed by atoms with van der Waals surface area (Å²) in [6.45, 7) is 2.79. The molecule has 0 aromatic carbocycles. The number of hydrogen-bond acceptors (Lipinski definition) is 3. The molecule has 0 rings (SSSR count). The van der Waals surface area contributed by atoms with E-state index in [9.17, 15) is 9.18 Å². The molecule has 60 valence electrons. The van der Waals surface area contributed by atoms with Gasteiger partial charge < -0.3 is 9.53 Å². The maximum Gasteiger partial charge on any atom is 0.302 e. The molecule has 0 radical (unpaired) electrons. The Labute approximate surface area is 59.2 Å². The molecular weight excluding hydrogens is 139 g/mol. The topological polar surface area (TPSA) is 43.4 Å². The number of ether oxygens (including phenoxy) is 1. The quantitative estimate of drug-likeness (QED) is 0.430. The van der Waals surface area contributed by atoms with Gasteiger partial charge in [0, 0.05) is 6.92 Å². The first-order valence-corrected chi connectivity index (χ1v) is 2.82. The van der Waals surface area contributed by atoms with Crippen LogP contribution in [0.2, 0.25) is 0 Å². The fourth-order valence-corrected chi connectivity index (χ4v) is 0.203. The van der Waals surface area contributed by atoms with Gasteiger partial charge in [0.15, 0.2) is 6.29 Å². The van der Waals surface area contributed by atoms with Gasteiger partial charge in [-0.25, -0.2) is 4.39 Å². The third kappa shape index (κ3) is 27.6. The second-order valence-electron chi connectivity index (χ2n) is 1.25. The van der Waals surface area contributed by atoms with E-state index in [4.69, 9.17) is 4.79 Å². The van der Waals surface area contributed by atoms with Crippen LogP contribution in [-0.2, 0) is 14.3 Å². The molecule has 3 nitrogen and oxygen atoms in total. The highest BCUT2D eigenvalue weighted by Gasteiger charge is 1.81. The lowest BCUT2D eigenvalue weighted by molar-refractivity contribution is -0.140. The minimum atomic E-state index is -0.861. The smallest absolute Gasteiger partial charge is 0.302 e. The van der Waals surface area contributed by atoms with E-state index in [0.717, 1.165) is 0 Å². The minimum Gasteiger partial charge on any atom is -0.466 e. The minimum absolute atomic E-state index is 0.208. The molecule has 0 bridgehead atoms. The molecule has 0 saturated heterocycles. The molecule has 0 aliphatic carbocycles.